The lowest BCUT2D eigenvalue weighted by atomic mass is 10.2. The van der Waals surface area contributed by atoms with Gasteiger partial charge >= 0.3 is 0 Å². The van der Waals surface area contributed by atoms with Gasteiger partial charge in [0.2, 0.25) is 0 Å². The van der Waals surface area contributed by atoms with E-state index in [1.165, 1.54) is 0 Å². The fraction of sp³-hybridized carbons (Fsp3) is 0.444. The fourth-order valence-electron chi connectivity index (χ4n) is 2.80. The van der Waals surface area contributed by atoms with Gasteiger partial charge in [-0.05, 0) is 24.6 Å². The van der Waals surface area contributed by atoms with E-state index in [0.717, 1.165) is 44.8 Å². The Hall–Kier alpha value is -1.89. The molecular formula is C18H23ClN4O2. The quantitative estimate of drug-likeness (QED) is 0.766. The molecule has 1 N–H and O–H groups in total. The smallest absolute Gasteiger partial charge is 0.254 e. The third-order valence-corrected chi connectivity index (χ3v) is 4.59. The van der Waals surface area contributed by atoms with Gasteiger partial charge in [-0.25, -0.2) is 0 Å². The molecular weight excluding hydrogens is 340 g/mol. The van der Waals surface area contributed by atoms with Crippen LogP contribution < -0.4 is 5.32 Å². The third-order valence-electron chi connectivity index (χ3n) is 4.23. The van der Waals surface area contributed by atoms with Gasteiger partial charge in [0.1, 0.15) is 0 Å². The largest absolute Gasteiger partial charge is 0.379 e. The zero-order valence-corrected chi connectivity index (χ0v) is 14.9. The van der Waals surface area contributed by atoms with Crippen LogP contribution in [0.2, 0.25) is 5.02 Å². The maximum absolute atomic E-state index is 12.2. The van der Waals surface area contributed by atoms with Crippen molar-refractivity contribution in [3.05, 3.63) is 52.8 Å². The molecule has 1 amide bonds. The Kier molecular flexibility index (Phi) is 6.44. The minimum absolute atomic E-state index is 0.0904. The van der Waals surface area contributed by atoms with Crippen molar-refractivity contribution in [1.82, 2.24) is 20.0 Å². The molecule has 1 saturated heterocycles. The summed E-state index contributed by atoms with van der Waals surface area (Å²) in [5.41, 5.74) is 1.54. The van der Waals surface area contributed by atoms with E-state index in [1.807, 2.05) is 24.3 Å². The van der Waals surface area contributed by atoms with E-state index < -0.39 is 0 Å². The number of rotatable bonds is 7. The average molecular weight is 363 g/mol. The van der Waals surface area contributed by atoms with E-state index >= 15 is 0 Å². The zero-order chi connectivity index (χ0) is 17.5. The summed E-state index contributed by atoms with van der Waals surface area (Å²) in [7, 11) is 0. The summed E-state index contributed by atoms with van der Waals surface area (Å²) >= 11 is 6.16. The Morgan fingerprint density at radius 1 is 1.28 bits per heavy atom. The van der Waals surface area contributed by atoms with Gasteiger partial charge in [0.15, 0.2) is 0 Å². The van der Waals surface area contributed by atoms with Gasteiger partial charge in [0, 0.05) is 30.9 Å². The molecule has 1 aliphatic rings. The maximum Gasteiger partial charge on any atom is 0.254 e. The number of hydrogen-bond acceptors (Lipinski definition) is 4. The fourth-order valence-corrected chi connectivity index (χ4v) is 3.00. The Morgan fingerprint density at radius 3 is 2.88 bits per heavy atom. The average Bonchev–Trinajstić information content (AvgIpc) is 3.10. The monoisotopic (exact) mass is 362 g/mol. The highest BCUT2D eigenvalue weighted by Crippen LogP contribution is 2.16. The highest BCUT2D eigenvalue weighted by atomic mass is 35.5. The van der Waals surface area contributed by atoms with E-state index in [4.69, 9.17) is 16.3 Å². The first-order chi connectivity index (χ1) is 12.2. The molecule has 2 aromatic rings. The summed E-state index contributed by atoms with van der Waals surface area (Å²) in [6.45, 7) is 5.74. The number of halogens is 1. The molecule has 0 unspecified atom stereocenters. The number of aromatic nitrogens is 2. The highest BCUT2D eigenvalue weighted by molar-refractivity contribution is 6.31. The van der Waals surface area contributed by atoms with Crippen LogP contribution in [-0.2, 0) is 11.3 Å². The van der Waals surface area contributed by atoms with Crippen LogP contribution in [0.3, 0.4) is 0 Å². The van der Waals surface area contributed by atoms with Gasteiger partial charge in [0.25, 0.3) is 5.91 Å². The molecule has 3 rings (SSSR count). The number of nitrogens with one attached hydrogen (secondary N) is 1. The molecule has 0 bridgehead atoms. The van der Waals surface area contributed by atoms with Gasteiger partial charge in [-0.1, -0.05) is 29.8 Å². The number of carbonyl (C=O) groups excluding carboxylic acids is 1. The van der Waals surface area contributed by atoms with Crippen molar-refractivity contribution in [2.24, 2.45) is 0 Å². The van der Waals surface area contributed by atoms with E-state index in [2.05, 4.69) is 15.3 Å². The van der Waals surface area contributed by atoms with Crippen molar-refractivity contribution < 1.29 is 9.53 Å². The van der Waals surface area contributed by atoms with Gasteiger partial charge < -0.3 is 10.1 Å². The molecule has 25 heavy (non-hydrogen) atoms. The number of hydrogen-bond donors (Lipinski definition) is 1. The lowest BCUT2D eigenvalue weighted by molar-refractivity contribution is 0.0374. The van der Waals surface area contributed by atoms with Crippen LogP contribution >= 0.6 is 11.6 Å². The summed E-state index contributed by atoms with van der Waals surface area (Å²) in [6.07, 6.45) is 4.27. The molecule has 0 spiro atoms. The minimum atomic E-state index is -0.0904. The van der Waals surface area contributed by atoms with Crippen LogP contribution in [0.15, 0.2) is 36.7 Å². The van der Waals surface area contributed by atoms with E-state index in [0.29, 0.717) is 23.7 Å². The molecule has 1 aromatic carbocycles. The highest BCUT2D eigenvalue weighted by Gasteiger charge is 2.11. The van der Waals surface area contributed by atoms with Gasteiger partial charge in [-0.15, -0.1) is 0 Å². The number of amides is 1. The second-order valence-corrected chi connectivity index (χ2v) is 6.49. The van der Waals surface area contributed by atoms with E-state index in [-0.39, 0.29) is 5.91 Å². The van der Waals surface area contributed by atoms with Gasteiger partial charge in [-0.3, -0.25) is 14.4 Å². The number of morpholine rings is 1. The summed E-state index contributed by atoms with van der Waals surface area (Å²) in [4.78, 5) is 14.6. The van der Waals surface area contributed by atoms with Crippen molar-refractivity contribution in [2.45, 2.75) is 13.0 Å². The first-order valence-corrected chi connectivity index (χ1v) is 8.94. The molecule has 1 aromatic heterocycles. The van der Waals surface area contributed by atoms with Gasteiger partial charge in [-0.2, -0.15) is 5.10 Å². The second kappa shape index (κ2) is 8.99. The summed E-state index contributed by atoms with van der Waals surface area (Å²) in [6, 6.07) is 7.63. The normalized spacial score (nSPS) is 15.2. The number of carbonyl (C=O) groups is 1. The molecule has 1 aliphatic heterocycles. The molecule has 0 aliphatic carbocycles. The predicted molar refractivity (Wildman–Crippen MR) is 97.0 cm³/mol. The Balaban J connectivity index is 1.43. The Bertz CT molecular complexity index is 698. The summed E-state index contributed by atoms with van der Waals surface area (Å²) < 4.78 is 7.05. The number of benzene rings is 1. The van der Waals surface area contributed by atoms with Crippen LogP contribution in [0.4, 0.5) is 0 Å². The molecule has 1 fully saturated rings. The first-order valence-electron chi connectivity index (χ1n) is 8.56. The van der Waals surface area contributed by atoms with Crippen molar-refractivity contribution in [2.75, 3.05) is 39.4 Å². The number of nitrogens with zero attached hydrogens (tertiary/aromatic N) is 3. The van der Waals surface area contributed by atoms with Crippen LogP contribution in [0, 0.1) is 0 Å². The second-order valence-electron chi connectivity index (χ2n) is 6.08. The van der Waals surface area contributed by atoms with Crippen molar-refractivity contribution in [3.8, 4) is 0 Å². The van der Waals surface area contributed by atoms with E-state index in [1.54, 1.807) is 17.1 Å². The minimum Gasteiger partial charge on any atom is -0.379 e. The Labute approximate surface area is 152 Å². The molecule has 7 heteroatoms. The standard InChI is InChI=1S/C18H23ClN4O2/c19-17-5-2-1-4-15(17)13-23-14-16(12-21-23)18(24)20-6-3-7-22-8-10-25-11-9-22/h1-2,4-5,12,14H,3,6-11,13H2,(H,20,24). The molecule has 2 heterocycles. The molecule has 6 nitrogen and oxygen atoms in total. The lowest BCUT2D eigenvalue weighted by Gasteiger charge is -2.26. The summed E-state index contributed by atoms with van der Waals surface area (Å²) in [5.74, 6) is -0.0904. The van der Waals surface area contributed by atoms with Crippen molar-refractivity contribution >= 4 is 17.5 Å². The molecule has 0 radical (unpaired) electrons. The summed E-state index contributed by atoms with van der Waals surface area (Å²) in [5, 5.41) is 7.90. The third kappa shape index (κ3) is 5.29. The lowest BCUT2D eigenvalue weighted by Crippen LogP contribution is -2.38. The first kappa shape index (κ1) is 17.9. The maximum atomic E-state index is 12.2. The SMILES string of the molecule is O=C(NCCCN1CCOCC1)c1cnn(Cc2ccccc2Cl)c1. The van der Waals surface area contributed by atoms with Crippen molar-refractivity contribution in [3.63, 3.8) is 0 Å². The molecule has 0 saturated carbocycles. The number of ether oxygens (including phenoxy) is 1. The molecule has 134 valence electrons. The van der Waals surface area contributed by atoms with Crippen molar-refractivity contribution in [1.29, 1.82) is 0 Å². The van der Waals surface area contributed by atoms with Crippen LogP contribution in [0.25, 0.3) is 0 Å². The topological polar surface area (TPSA) is 59.4 Å². The van der Waals surface area contributed by atoms with Gasteiger partial charge in [0.05, 0.1) is 31.5 Å². The molecule has 0 atom stereocenters. The zero-order valence-electron chi connectivity index (χ0n) is 14.2. The van der Waals surface area contributed by atoms with Crippen LogP contribution in [0.1, 0.15) is 22.3 Å². The van der Waals surface area contributed by atoms with Crippen LogP contribution in [0.5, 0.6) is 0 Å². The van der Waals surface area contributed by atoms with E-state index in [9.17, 15) is 4.79 Å². The Morgan fingerprint density at radius 2 is 2.08 bits per heavy atom. The predicted octanol–water partition coefficient (Wildman–Crippen LogP) is 2.04. The van der Waals surface area contributed by atoms with Crippen LogP contribution in [-0.4, -0.2) is 60.0 Å².